The first-order chi connectivity index (χ1) is 8.11. The summed E-state index contributed by atoms with van der Waals surface area (Å²) in [6.07, 6.45) is 3.70. The van der Waals surface area contributed by atoms with Crippen LogP contribution >= 0.6 is 0 Å². The molecule has 0 heterocycles. The Morgan fingerprint density at radius 2 is 1.53 bits per heavy atom. The number of hydrogen-bond donors (Lipinski definition) is 0. The Hall–Kier alpha value is -1.04. The fraction of sp³-hybridized carbons (Fsp3) is 0.529. The van der Waals surface area contributed by atoms with Crippen molar-refractivity contribution in [2.24, 2.45) is 23.7 Å². The summed E-state index contributed by atoms with van der Waals surface area (Å²) in [7, 11) is 0. The van der Waals surface area contributed by atoms with E-state index in [2.05, 4.69) is 64.1 Å². The van der Waals surface area contributed by atoms with E-state index >= 15 is 0 Å². The predicted octanol–water partition coefficient (Wildman–Crippen LogP) is 5.02. The van der Waals surface area contributed by atoms with E-state index in [9.17, 15) is 0 Å². The molecule has 0 spiro atoms. The van der Waals surface area contributed by atoms with Crippen molar-refractivity contribution in [3.8, 4) is 0 Å². The second-order valence-electron chi connectivity index (χ2n) is 5.75. The predicted molar refractivity (Wildman–Crippen MR) is 75.7 cm³/mol. The van der Waals surface area contributed by atoms with Crippen molar-refractivity contribution in [3.05, 3.63) is 42.0 Å². The molecule has 4 atom stereocenters. The molecule has 0 amide bonds. The lowest BCUT2D eigenvalue weighted by Crippen LogP contribution is -2.20. The van der Waals surface area contributed by atoms with Crippen LogP contribution in [-0.2, 0) is 0 Å². The molecule has 1 aliphatic rings. The van der Waals surface area contributed by atoms with Crippen molar-refractivity contribution >= 4 is 5.57 Å². The highest BCUT2D eigenvalue weighted by atomic mass is 14.3. The van der Waals surface area contributed by atoms with E-state index in [1.165, 1.54) is 12.0 Å². The minimum absolute atomic E-state index is 0.664. The van der Waals surface area contributed by atoms with E-state index < -0.39 is 0 Å². The highest BCUT2D eigenvalue weighted by molar-refractivity contribution is 5.67. The van der Waals surface area contributed by atoms with Crippen LogP contribution in [0.3, 0.4) is 0 Å². The lowest BCUT2D eigenvalue weighted by atomic mass is 9.77. The Kier molecular flexibility index (Phi) is 3.71. The van der Waals surface area contributed by atoms with Crippen LogP contribution in [-0.4, -0.2) is 0 Å². The lowest BCUT2D eigenvalue weighted by molar-refractivity contribution is 0.252. The molecule has 4 unspecified atom stereocenters. The van der Waals surface area contributed by atoms with Gasteiger partial charge in [-0.25, -0.2) is 0 Å². The molecule has 92 valence electrons. The molecule has 0 N–H and O–H groups in total. The minimum atomic E-state index is 0.664. The van der Waals surface area contributed by atoms with Crippen molar-refractivity contribution < 1.29 is 0 Å². The average molecular weight is 228 g/mol. The summed E-state index contributed by atoms with van der Waals surface area (Å²) in [5.74, 6) is 3.03. The van der Waals surface area contributed by atoms with E-state index in [-0.39, 0.29) is 0 Å². The molecule has 0 aromatic heterocycles. The summed E-state index contributed by atoms with van der Waals surface area (Å²) in [6, 6.07) is 10.9. The number of rotatable bonds is 1. The second-order valence-corrected chi connectivity index (χ2v) is 5.75. The first-order valence-electron chi connectivity index (χ1n) is 6.86. The standard InChI is InChI=1S/C17H24/c1-12-10-11-17(15(4)14(3)13(12)2)16-8-6-5-7-9-16/h5-9,11-15H,10H2,1-4H3. The van der Waals surface area contributed by atoms with Gasteiger partial charge in [0.1, 0.15) is 0 Å². The van der Waals surface area contributed by atoms with Crippen LogP contribution in [0.2, 0.25) is 0 Å². The number of hydrogen-bond acceptors (Lipinski definition) is 0. The molecule has 1 aromatic rings. The molecule has 0 radical (unpaired) electrons. The molecule has 1 aromatic carbocycles. The zero-order chi connectivity index (χ0) is 12.4. The molecule has 2 rings (SSSR count). The third-order valence-corrected chi connectivity index (χ3v) is 4.82. The largest absolute Gasteiger partial charge is 0.0802 e. The molecule has 17 heavy (non-hydrogen) atoms. The van der Waals surface area contributed by atoms with Gasteiger partial charge in [-0.3, -0.25) is 0 Å². The number of allylic oxidation sites excluding steroid dienone is 2. The van der Waals surface area contributed by atoms with Crippen molar-refractivity contribution in [2.45, 2.75) is 34.1 Å². The average Bonchev–Trinajstić information content (AvgIpc) is 2.45. The Bertz CT molecular complexity index is 388. The Balaban J connectivity index is 2.34. The van der Waals surface area contributed by atoms with Crippen LogP contribution in [0.4, 0.5) is 0 Å². The maximum Gasteiger partial charge on any atom is -0.0159 e. The van der Waals surface area contributed by atoms with Gasteiger partial charge in [-0.05, 0) is 41.2 Å². The molecule has 0 aliphatic heterocycles. The van der Waals surface area contributed by atoms with E-state index in [0.717, 1.165) is 17.8 Å². The minimum Gasteiger partial charge on any atom is -0.0802 e. The van der Waals surface area contributed by atoms with Crippen LogP contribution in [0.1, 0.15) is 39.7 Å². The molecule has 0 bridgehead atoms. The topological polar surface area (TPSA) is 0 Å². The zero-order valence-corrected chi connectivity index (χ0v) is 11.5. The summed E-state index contributed by atoms with van der Waals surface area (Å²) in [5.41, 5.74) is 2.96. The van der Waals surface area contributed by atoms with Crippen LogP contribution < -0.4 is 0 Å². The number of benzene rings is 1. The molecule has 0 nitrogen and oxygen atoms in total. The van der Waals surface area contributed by atoms with Crippen LogP contribution in [0, 0.1) is 23.7 Å². The third-order valence-electron chi connectivity index (χ3n) is 4.82. The van der Waals surface area contributed by atoms with Gasteiger partial charge in [0.2, 0.25) is 0 Å². The summed E-state index contributed by atoms with van der Waals surface area (Å²) in [6.45, 7) is 9.60. The Morgan fingerprint density at radius 1 is 0.882 bits per heavy atom. The van der Waals surface area contributed by atoms with Gasteiger partial charge in [0.05, 0.1) is 0 Å². The van der Waals surface area contributed by atoms with Gasteiger partial charge in [0.25, 0.3) is 0 Å². The van der Waals surface area contributed by atoms with E-state index in [4.69, 9.17) is 0 Å². The molecule has 0 saturated carbocycles. The van der Waals surface area contributed by atoms with Crippen LogP contribution in [0.15, 0.2) is 36.4 Å². The fourth-order valence-corrected chi connectivity index (χ4v) is 2.98. The van der Waals surface area contributed by atoms with E-state index in [1.807, 2.05) is 0 Å². The molecular formula is C17H24. The molecular weight excluding hydrogens is 204 g/mol. The van der Waals surface area contributed by atoms with E-state index in [1.54, 1.807) is 5.57 Å². The summed E-state index contributed by atoms with van der Waals surface area (Å²) >= 11 is 0. The van der Waals surface area contributed by atoms with E-state index in [0.29, 0.717) is 5.92 Å². The monoisotopic (exact) mass is 228 g/mol. The quantitative estimate of drug-likeness (QED) is 0.633. The van der Waals surface area contributed by atoms with Crippen molar-refractivity contribution in [1.29, 1.82) is 0 Å². The maximum atomic E-state index is 2.48. The third kappa shape index (κ3) is 2.46. The maximum absolute atomic E-state index is 2.48. The lowest BCUT2D eigenvalue weighted by Gasteiger charge is -2.28. The molecule has 1 aliphatic carbocycles. The highest BCUT2D eigenvalue weighted by Crippen LogP contribution is 2.40. The zero-order valence-electron chi connectivity index (χ0n) is 11.5. The molecule has 0 fully saturated rings. The molecule has 0 saturated heterocycles. The SMILES string of the molecule is CC1CC=C(c2ccccc2)C(C)C(C)C1C. The van der Waals surface area contributed by atoms with Gasteiger partial charge in [-0.1, -0.05) is 64.1 Å². The van der Waals surface area contributed by atoms with Crippen LogP contribution in [0.25, 0.3) is 5.57 Å². The summed E-state index contributed by atoms with van der Waals surface area (Å²) < 4.78 is 0. The van der Waals surface area contributed by atoms with Crippen molar-refractivity contribution in [1.82, 2.24) is 0 Å². The van der Waals surface area contributed by atoms with Gasteiger partial charge in [0.15, 0.2) is 0 Å². The van der Waals surface area contributed by atoms with Gasteiger partial charge < -0.3 is 0 Å². The first kappa shape index (κ1) is 12.4. The summed E-state index contributed by atoms with van der Waals surface area (Å²) in [5, 5.41) is 0. The van der Waals surface area contributed by atoms with Gasteiger partial charge >= 0.3 is 0 Å². The second kappa shape index (κ2) is 5.08. The molecule has 0 heteroatoms. The normalized spacial score (nSPS) is 34.0. The first-order valence-corrected chi connectivity index (χ1v) is 6.86. The Morgan fingerprint density at radius 3 is 2.18 bits per heavy atom. The smallest absolute Gasteiger partial charge is 0.0159 e. The Labute approximate surface area is 106 Å². The van der Waals surface area contributed by atoms with Crippen molar-refractivity contribution in [3.63, 3.8) is 0 Å². The highest BCUT2D eigenvalue weighted by Gasteiger charge is 2.28. The fourth-order valence-electron chi connectivity index (χ4n) is 2.98. The van der Waals surface area contributed by atoms with Gasteiger partial charge in [-0.2, -0.15) is 0 Å². The summed E-state index contributed by atoms with van der Waals surface area (Å²) in [4.78, 5) is 0. The van der Waals surface area contributed by atoms with Crippen molar-refractivity contribution in [2.75, 3.05) is 0 Å². The van der Waals surface area contributed by atoms with Gasteiger partial charge in [-0.15, -0.1) is 0 Å². The van der Waals surface area contributed by atoms with Gasteiger partial charge in [0, 0.05) is 0 Å². The van der Waals surface area contributed by atoms with Crippen LogP contribution in [0.5, 0.6) is 0 Å².